The van der Waals surface area contributed by atoms with Gasteiger partial charge in [0.05, 0.1) is 11.8 Å². The summed E-state index contributed by atoms with van der Waals surface area (Å²) >= 11 is 0. The van der Waals surface area contributed by atoms with Crippen LogP contribution in [0.4, 0.5) is 5.69 Å². The Bertz CT molecular complexity index is 379. The number of nitriles is 1. The zero-order chi connectivity index (χ0) is 12.7. The number of phenols is 1. The van der Waals surface area contributed by atoms with E-state index in [9.17, 15) is 5.11 Å². The van der Waals surface area contributed by atoms with Crippen LogP contribution in [-0.2, 0) is 0 Å². The third kappa shape index (κ3) is 3.97. The van der Waals surface area contributed by atoms with Crippen molar-refractivity contribution in [1.82, 2.24) is 0 Å². The number of benzene rings is 1. The summed E-state index contributed by atoms with van der Waals surface area (Å²) in [5.41, 5.74) is 1.52. The highest BCUT2D eigenvalue weighted by Crippen LogP contribution is 2.27. The minimum atomic E-state index is -0.339. The van der Waals surface area contributed by atoms with Gasteiger partial charge < -0.3 is 15.5 Å². The van der Waals surface area contributed by atoms with Gasteiger partial charge in [0.15, 0.2) is 0 Å². The Balaban J connectivity index is 2.65. The monoisotopic (exact) mass is 234 g/mol. The van der Waals surface area contributed by atoms with E-state index in [1.165, 1.54) is 0 Å². The smallest absolute Gasteiger partial charge is 0.138 e. The summed E-state index contributed by atoms with van der Waals surface area (Å²) in [4.78, 5) is 0. The summed E-state index contributed by atoms with van der Waals surface area (Å²) in [6, 6.07) is 7.06. The van der Waals surface area contributed by atoms with Crippen LogP contribution in [0, 0.1) is 18.3 Å². The van der Waals surface area contributed by atoms with Crippen LogP contribution in [0.5, 0.6) is 5.75 Å². The van der Waals surface area contributed by atoms with Crippen molar-refractivity contribution < 1.29 is 10.2 Å². The number of aromatic hydroxyl groups is 1. The number of rotatable bonds is 6. The van der Waals surface area contributed by atoms with Crippen LogP contribution in [0.25, 0.3) is 0 Å². The molecular formula is C13H18N2O2. The molecule has 0 aromatic heterocycles. The zero-order valence-electron chi connectivity index (χ0n) is 9.98. The average molecular weight is 234 g/mol. The number of aryl methyl sites for hydroxylation is 1. The second-order valence-corrected chi connectivity index (χ2v) is 4.01. The molecule has 4 nitrogen and oxygen atoms in total. The van der Waals surface area contributed by atoms with Gasteiger partial charge in [0, 0.05) is 6.61 Å². The summed E-state index contributed by atoms with van der Waals surface area (Å²) in [5, 5.41) is 30.4. The van der Waals surface area contributed by atoms with E-state index < -0.39 is 0 Å². The van der Waals surface area contributed by atoms with Crippen molar-refractivity contribution in [2.75, 3.05) is 11.9 Å². The zero-order valence-corrected chi connectivity index (χ0v) is 9.98. The lowest BCUT2D eigenvalue weighted by Crippen LogP contribution is -2.18. The number of hydrogen-bond acceptors (Lipinski definition) is 4. The van der Waals surface area contributed by atoms with Crippen LogP contribution in [0.15, 0.2) is 18.2 Å². The van der Waals surface area contributed by atoms with E-state index in [1.807, 2.05) is 13.0 Å². The molecule has 0 amide bonds. The average Bonchev–Trinajstić information content (AvgIpc) is 2.32. The highest BCUT2D eigenvalue weighted by atomic mass is 16.3. The minimum Gasteiger partial charge on any atom is -0.506 e. The fourth-order valence-electron chi connectivity index (χ4n) is 1.64. The van der Waals surface area contributed by atoms with Crippen molar-refractivity contribution in [1.29, 1.82) is 5.26 Å². The van der Waals surface area contributed by atoms with Gasteiger partial charge in [-0.15, -0.1) is 0 Å². The molecule has 1 atom stereocenters. The first-order valence-corrected chi connectivity index (χ1v) is 5.74. The Morgan fingerprint density at radius 3 is 2.76 bits per heavy atom. The predicted octanol–water partition coefficient (Wildman–Crippen LogP) is 2.17. The van der Waals surface area contributed by atoms with Crippen LogP contribution in [0.2, 0.25) is 0 Å². The molecule has 1 aromatic rings. The van der Waals surface area contributed by atoms with Crippen molar-refractivity contribution in [3.05, 3.63) is 23.8 Å². The highest BCUT2D eigenvalue weighted by Gasteiger charge is 2.11. The van der Waals surface area contributed by atoms with E-state index >= 15 is 0 Å². The molecule has 0 aliphatic rings. The Kier molecular flexibility index (Phi) is 5.31. The summed E-state index contributed by atoms with van der Waals surface area (Å²) in [7, 11) is 0. The number of unbranched alkanes of at least 4 members (excludes halogenated alkanes) is 1. The molecule has 1 rings (SSSR count). The molecule has 4 heteroatoms. The Morgan fingerprint density at radius 1 is 1.41 bits per heavy atom. The number of phenolic OH excluding ortho intramolecular Hbond substituents is 1. The summed E-state index contributed by atoms with van der Waals surface area (Å²) in [6.07, 6.45) is 2.14. The van der Waals surface area contributed by atoms with E-state index in [0.29, 0.717) is 18.5 Å². The second kappa shape index (κ2) is 6.77. The first-order chi connectivity index (χ1) is 8.19. The minimum absolute atomic E-state index is 0.147. The molecule has 0 saturated carbocycles. The van der Waals surface area contributed by atoms with Crippen LogP contribution in [-0.4, -0.2) is 22.9 Å². The van der Waals surface area contributed by atoms with Crippen LogP contribution in [0.3, 0.4) is 0 Å². The van der Waals surface area contributed by atoms with Gasteiger partial charge in [0.25, 0.3) is 0 Å². The van der Waals surface area contributed by atoms with Crippen molar-refractivity contribution in [2.45, 2.75) is 32.2 Å². The number of aliphatic hydroxyl groups excluding tert-OH is 1. The van der Waals surface area contributed by atoms with Crippen LogP contribution < -0.4 is 5.32 Å². The molecule has 0 unspecified atom stereocenters. The number of anilines is 1. The van der Waals surface area contributed by atoms with Gasteiger partial charge in [0.1, 0.15) is 11.8 Å². The van der Waals surface area contributed by atoms with Crippen molar-refractivity contribution in [2.24, 2.45) is 0 Å². The Morgan fingerprint density at radius 2 is 2.18 bits per heavy atom. The van der Waals surface area contributed by atoms with Gasteiger partial charge in [0.2, 0.25) is 0 Å². The van der Waals surface area contributed by atoms with Crippen molar-refractivity contribution in [3.63, 3.8) is 0 Å². The van der Waals surface area contributed by atoms with E-state index in [2.05, 4.69) is 11.4 Å². The van der Waals surface area contributed by atoms with Gasteiger partial charge in [-0.1, -0.05) is 12.1 Å². The fourth-order valence-corrected chi connectivity index (χ4v) is 1.64. The molecule has 0 spiro atoms. The molecule has 0 aliphatic heterocycles. The number of aliphatic hydroxyl groups is 1. The summed E-state index contributed by atoms with van der Waals surface area (Å²) in [5.74, 6) is 0.160. The lowest BCUT2D eigenvalue weighted by molar-refractivity contribution is 0.283. The Labute approximate surface area is 102 Å². The maximum Gasteiger partial charge on any atom is 0.138 e. The highest BCUT2D eigenvalue weighted by molar-refractivity contribution is 5.61. The van der Waals surface area contributed by atoms with Crippen LogP contribution in [0.1, 0.15) is 24.8 Å². The molecular weight excluding hydrogens is 216 g/mol. The second-order valence-electron chi connectivity index (χ2n) is 4.01. The van der Waals surface area contributed by atoms with E-state index in [-0.39, 0.29) is 18.4 Å². The number of hydrogen-bond donors (Lipinski definition) is 3. The molecule has 0 fully saturated rings. The van der Waals surface area contributed by atoms with E-state index in [1.54, 1.807) is 12.1 Å². The third-order valence-corrected chi connectivity index (χ3v) is 2.63. The topological polar surface area (TPSA) is 76.3 Å². The lowest BCUT2D eigenvalue weighted by atomic mass is 10.1. The number of nitrogens with zero attached hydrogens (tertiary/aromatic N) is 1. The molecule has 0 bridgehead atoms. The van der Waals surface area contributed by atoms with E-state index in [0.717, 1.165) is 12.0 Å². The number of nitrogens with one attached hydrogen (secondary N) is 1. The van der Waals surface area contributed by atoms with Crippen molar-refractivity contribution in [3.8, 4) is 11.8 Å². The Hall–Kier alpha value is -1.73. The van der Waals surface area contributed by atoms with E-state index in [4.69, 9.17) is 10.4 Å². The SMILES string of the molecule is Cc1cccc(O)c1N[C@@H](C#N)CCCCO. The molecule has 0 aliphatic carbocycles. The van der Waals surface area contributed by atoms with Gasteiger partial charge in [-0.25, -0.2) is 0 Å². The summed E-state index contributed by atoms with van der Waals surface area (Å²) in [6.45, 7) is 2.03. The number of para-hydroxylation sites is 1. The summed E-state index contributed by atoms with van der Waals surface area (Å²) < 4.78 is 0. The van der Waals surface area contributed by atoms with Crippen LogP contribution >= 0.6 is 0 Å². The van der Waals surface area contributed by atoms with Gasteiger partial charge in [-0.3, -0.25) is 0 Å². The first-order valence-electron chi connectivity index (χ1n) is 5.74. The third-order valence-electron chi connectivity index (χ3n) is 2.63. The van der Waals surface area contributed by atoms with Gasteiger partial charge in [-0.2, -0.15) is 5.26 Å². The molecule has 92 valence electrons. The predicted molar refractivity (Wildman–Crippen MR) is 66.8 cm³/mol. The quantitative estimate of drug-likeness (QED) is 0.521. The molecule has 0 saturated heterocycles. The van der Waals surface area contributed by atoms with Gasteiger partial charge >= 0.3 is 0 Å². The lowest BCUT2D eigenvalue weighted by Gasteiger charge is -2.15. The molecule has 0 heterocycles. The normalized spacial score (nSPS) is 11.8. The van der Waals surface area contributed by atoms with Gasteiger partial charge in [-0.05, 0) is 37.8 Å². The molecule has 17 heavy (non-hydrogen) atoms. The van der Waals surface area contributed by atoms with Crippen molar-refractivity contribution >= 4 is 5.69 Å². The fraction of sp³-hybridized carbons (Fsp3) is 0.462. The first kappa shape index (κ1) is 13.3. The largest absolute Gasteiger partial charge is 0.506 e. The molecule has 1 aromatic carbocycles. The molecule has 3 N–H and O–H groups in total. The maximum atomic E-state index is 9.70. The molecule has 0 radical (unpaired) electrons. The maximum absolute atomic E-state index is 9.70. The standard InChI is InChI=1S/C13H18N2O2/c1-10-5-4-7-12(17)13(10)15-11(9-14)6-2-3-8-16/h4-5,7,11,15-17H,2-3,6,8H2,1H3/t11-/m1/s1.